The van der Waals surface area contributed by atoms with E-state index in [2.05, 4.69) is 60.1 Å². The quantitative estimate of drug-likeness (QED) is 0.696. The zero-order valence-electron chi connectivity index (χ0n) is 8.17. The molecule has 0 bridgehead atoms. The molecule has 1 aromatic carbocycles. The molecule has 0 aliphatic heterocycles. The Morgan fingerprint density at radius 1 is 1.14 bits per heavy atom. The Balaban J connectivity index is 2.49. The number of hydrogen-bond acceptors (Lipinski definition) is 1. The van der Waals surface area contributed by atoms with Gasteiger partial charge in [0.25, 0.3) is 0 Å². The van der Waals surface area contributed by atoms with Crippen LogP contribution in [0.3, 0.4) is 0 Å². The molecule has 0 saturated carbocycles. The van der Waals surface area contributed by atoms with Crippen LogP contribution >= 0.6 is 27.3 Å². The second-order valence-corrected chi connectivity index (χ2v) is 5.49. The Morgan fingerprint density at radius 3 is 2.50 bits per heavy atom. The second-order valence-electron chi connectivity index (χ2n) is 3.38. The average Bonchev–Trinajstić information content (AvgIpc) is 2.47. The van der Waals surface area contributed by atoms with Crippen molar-refractivity contribution in [2.24, 2.45) is 0 Å². The van der Waals surface area contributed by atoms with Crippen molar-refractivity contribution in [1.82, 2.24) is 0 Å². The fourth-order valence-electron chi connectivity index (χ4n) is 1.40. The molecule has 2 aromatic rings. The zero-order chi connectivity index (χ0) is 10.1. The molecule has 0 fully saturated rings. The smallest absolute Gasteiger partial charge is 0.0357 e. The molecule has 1 aromatic heterocycles. The molecule has 0 aliphatic rings. The lowest BCUT2D eigenvalue weighted by Crippen LogP contribution is -1.73. The van der Waals surface area contributed by atoms with Crippen molar-refractivity contribution in [3.63, 3.8) is 0 Å². The molecule has 72 valence electrons. The third-order valence-electron chi connectivity index (χ3n) is 2.16. The van der Waals surface area contributed by atoms with Gasteiger partial charge < -0.3 is 0 Å². The molecule has 2 rings (SSSR count). The van der Waals surface area contributed by atoms with Gasteiger partial charge in [-0.2, -0.15) is 0 Å². The van der Waals surface area contributed by atoms with Crippen LogP contribution < -0.4 is 0 Å². The summed E-state index contributed by atoms with van der Waals surface area (Å²) in [4.78, 5) is 2.67. The van der Waals surface area contributed by atoms with Gasteiger partial charge in [-0.1, -0.05) is 29.8 Å². The SMILES string of the molecule is Cc1cccc(-c2cc(Br)c(C)s2)c1. The van der Waals surface area contributed by atoms with Crippen molar-refractivity contribution >= 4 is 27.3 Å². The van der Waals surface area contributed by atoms with Crippen LogP contribution in [-0.4, -0.2) is 0 Å². The lowest BCUT2D eigenvalue weighted by Gasteiger charge is -1.97. The maximum Gasteiger partial charge on any atom is 0.0357 e. The molecule has 1 heterocycles. The number of hydrogen-bond donors (Lipinski definition) is 0. The van der Waals surface area contributed by atoms with Gasteiger partial charge in [0, 0.05) is 14.2 Å². The average molecular weight is 267 g/mol. The van der Waals surface area contributed by atoms with E-state index in [4.69, 9.17) is 0 Å². The first-order valence-electron chi connectivity index (χ1n) is 4.50. The third kappa shape index (κ3) is 1.91. The number of aryl methyl sites for hydroxylation is 2. The van der Waals surface area contributed by atoms with Crippen LogP contribution in [0, 0.1) is 13.8 Å². The second kappa shape index (κ2) is 3.87. The van der Waals surface area contributed by atoms with Crippen molar-refractivity contribution in [2.45, 2.75) is 13.8 Å². The number of rotatable bonds is 1. The van der Waals surface area contributed by atoms with E-state index in [9.17, 15) is 0 Å². The topological polar surface area (TPSA) is 0 Å². The van der Waals surface area contributed by atoms with Gasteiger partial charge in [0.15, 0.2) is 0 Å². The summed E-state index contributed by atoms with van der Waals surface area (Å²) >= 11 is 5.37. The lowest BCUT2D eigenvalue weighted by molar-refractivity contribution is 1.48. The maximum atomic E-state index is 3.54. The van der Waals surface area contributed by atoms with Gasteiger partial charge in [0.05, 0.1) is 0 Å². The van der Waals surface area contributed by atoms with Gasteiger partial charge in [-0.15, -0.1) is 11.3 Å². The van der Waals surface area contributed by atoms with Crippen LogP contribution in [0.5, 0.6) is 0 Å². The molecule has 2 heteroatoms. The normalized spacial score (nSPS) is 10.5. The minimum absolute atomic E-state index is 1.21. The van der Waals surface area contributed by atoms with E-state index < -0.39 is 0 Å². The first-order valence-corrected chi connectivity index (χ1v) is 6.11. The van der Waals surface area contributed by atoms with Crippen molar-refractivity contribution in [3.8, 4) is 10.4 Å². The summed E-state index contributed by atoms with van der Waals surface area (Å²) in [6, 6.07) is 10.8. The summed E-state index contributed by atoms with van der Waals surface area (Å²) in [5.41, 5.74) is 2.62. The van der Waals surface area contributed by atoms with Gasteiger partial charge in [0.2, 0.25) is 0 Å². The fourth-order valence-corrected chi connectivity index (χ4v) is 2.93. The highest BCUT2D eigenvalue weighted by atomic mass is 79.9. The van der Waals surface area contributed by atoms with Crippen LogP contribution in [0.15, 0.2) is 34.8 Å². The molecule has 0 N–H and O–H groups in total. The largest absolute Gasteiger partial charge is 0.139 e. The van der Waals surface area contributed by atoms with Crippen LogP contribution in [0.25, 0.3) is 10.4 Å². The Labute approximate surface area is 96.7 Å². The van der Waals surface area contributed by atoms with E-state index in [1.54, 1.807) is 0 Å². The number of thiophene rings is 1. The van der Waals surface area contributed by atoms with E-state index >= 15 is 0 Å². The number of benzene rings is 1. The predicted octanol–water partition coefficient (Wildman–Crippen LogP) is 4.79. The standard InChI is InChI=1S/C12H11BrS/c1-8-4-3-5-10(6-8)12-7-11(13)9(2)14-12/h3-7H,1-2H3. The summed E-state index contributed by atoms with van der Waals surface area (Å²) in [7, 11) is 0. The predicted molar refractivity (Wildman–Crippen MR) is 66.9 cm³/mol. The Hall–Kier alpha value is -0.600. The first-order chi connectivity index (χ1) is 6.66. The van der Waals surface area contributed by atoms with Crippen molar-refractivity contribution in [3.05, 3.63) is 45.2 Å². The third-order valence-corrected chi connectivity index (χ3v) is 4.35. The summed E-state index contributed by atoms with van der Waals surface area (Å²) < 4.78 is 1.21. The van der Waals surface area contributed by atoms with Crippen molar-refractivity contribution < 1.29 is 0 Å². The van der Waals surface area contributed by atoms with E-state index in [0.29, 0.717) is 0 Å². The molecule has 0 aliphatic carbocycles. The molecule has 0 nitrogen and oxygen atoms in total. The lowest BCUT2D eigenvalue weighted by atomic mass is 10.1. The van der Waals surface area contributed by atoms with Gasteiger partial charge in [-0.25, -0.2) is 0 Å². The summed E-state index contributed by atoms with van der Waals surface area (Å²) in [6.07, 6.45) is 0. The van der Waals surface area contributed by atoms with Crippen molar-refractivity contribution in [2.75, 3.05) is 0 Å². The van der Waals surface area contributed by atoms with Crippen LogP contribution in [0.1, 0.15) is 10.4 Å². The maximum absolute atomic E-state index is 3.54. The highest BCUT2D eigenvalue weighted by Gasteiger charge is 2.04. The Morgan fingerprint density at radius 2 is 1.93 bits per heavy atom. The highest BCUT2D eigenvalue weighted by molar-refractivity contribution is 9.10. The molecule has 14 heavy (non-hydrogen) atoms. The van der Waals surface area contributed by atoms with Gasteiger partial charge in [-0.3, -0.25) is 0 Å². The van der Waals surface area contributed by atoms with Crippen LogP contribution in [-0.2, 0) is 0 Å². The molecule has 0 saturated heterocycles. The van der Waals surface area contributed by atoms with Crippen LogP contribution in [0.4, 0.5) is 0 Å². The monoisotopic (exact) mass is 266 g/mol. The summed E-state index contributed by atoms with van der Waals surface area (Å²) in [5.74, 6) is 0. The zero-order valence-corrected chi connectivity index (χ0v) is 10.6. The van der Waals surface area contributed by atoms with Gasteiger partial charge >= 0.3 is 0 Å². The fraction of sp³-hybridized carbons (Fsp3) is 0.167. The van der Waals surface area contributed by atoms with E-state index in [-0.39, 0.29) is 0 Å². The van der Waals surface area contributed by atoms with Crippen molar-refractivity contribution in [1.29, 1.82) is 0 Å². The van der Waals surface area contributed by atoms with Gasteiger partial charge in [0.1, 0.15) is 0 Å². The molecule has 0 unspecified atom stereocenters. The van der Waals surface area contributed by atoms with Gasteiger partial charge in [-0.05, 0) is 41.4 Å². The molecular formula is C12H11BrS. The molecule has 0 amide bonds. The molecular weight excluding hydrogens is 256 g/mol. The highest BCUT2D eigenvalue weighted by Crippen LogP contribution is 2.34. The summed E-state index contributed by atoms with van der Waals surface area (Å²) in [6.45, 7) is 4.26. The minimum atomic E-state index is 1.21. The van der Waals surface area contributed by atoms with Crippen LogP contribution in [0.2, 0.25) is 0 Å². The summed E-state index contributed by atoms with van der Waals surface area (Å²) in [5, 5.41) is 0. The minimum Gasteiger partial charge on any atom is -0.139 e. The molecule has 0 atom stereocenters. The first kappa shape index (κ1) is 9.94. The Kier molecular flexibility index (Phi) is 2.75. The molecule has 0 radical (unpaired) electrons. The Bertz CT molecular complexity index is 438. The number of halogens is 1. The van der Waals surface area contributed by atoms with E-state index in [0.717, 1.165) is 0 Å². The van der Waals surface area contributed by atoms with E-state index in [1.807, 2.05) is 11.3 Å². The molecule has 0 spiro atoms. The van der Waals surface area contributed by atoms with E-state index in [1.165, 1.54) is 25.4 Å².